The summed E-state index contributed by atoms with van der Waals surface area (Å²) in [5.74, 6) is 0.579. The van der Waals surface area contributed by atoms with E-state index in [0.717, 1.165) is 56.8 Å². The summed E-state index contributed by atoms with van der Waals surface area (Å²) in [5.41, 5.74) is 3.25. The van der Waals surface area contributed by atoms with E-state index in [1.54, 1.807) is 18.5 Å². The lowest BCUT2D eigenvalue weighted by molar-refractivity contribution is 0.113. The number of aryl methyl sites for hydroxylation is 1. The molecule has 0 N–H and O–H groups in total. The second kappa shape index (κ2) is 11.6. The minimum atomic E-state index is 0.457. The summed E-state index contributed by atoms with van der Waals surface area (Å²) in [4.78, 5) is 13.2. The Balaban J connectivity index is 1.34. The topological polar surface area (TPSA) is 65.3 Å². The Hall–Kier alpha value is -2.49. The highest BCUT2D eigenvalue weighted by molar-refractivity contribution is 5.40. The Morgan fingerprint density at radius 3 is 2.43 bits per heavy atom. The molecule has 0 saturated carbocycles. The summed E-state index contributed by atoms with van der Waals surface area (Å²) >= 11 is 0. The van der Waals surface area contributed by atoms with E-state index in [0.29, 0.717) is 18.5 Å². The standard InChI is InChI=1S/C24H33N5O/c1-3-21(22-7-8-23(19-25)20(2)18-22)6-4-11-28-12-14-29(15-13-28)16-17-30-24-26-9-5-10-27-24/h5,7-10,18,21H,3-4,6,11-17H2,1-2H3. The maximum atomic E-state index is 9.14. The monoisotopic (exact) mass is 407 g/mol. The minimum Gasteiger partial charge on any atom is -0.462 e. The molecule has 2 heterocycles. The Kier molecular flexibility index (Phi) is 8.61. The van der Waals surface area contributed by atoms with Crippen molar-refractivity contribution in [2.45, 2.75) is 39.0 Å². The number of rotatable bonds is 10. The zero-order valence-corrected chi connectivity index (χ0v) is 18.3. The van der Waals surface area contributed by atoms with Crippen molar-refractivity contribution in [2.24, 2.45) is 0 Å². The minimum absolute atomic E-state index is 0.457. The number of piperazine rings is 1. The number of nitriles is 1. The van der Waals surface area contributed by atoms with E-state index in [-0.39, 0.29) is 0 Å². The van der Waals surface area contributed by atoms with Gasteiger partial charge in [-0.25, -0.2) is 9.97 Å². The summed E-state index contributed by atoms with van der Waals surface area (Å²) in [6, 6.07) is 10.8. The molecule has 3 rings (SSSR count). The average molecular weight is 408 g/mol. The number of nitrogens with zero attached hydrogens (tertiary/aromatic N) is 5. The summed E-state index contributed by atoms with van der Waals surface area (Å²) in [6.45, 7) is 11.4. The third-order valence-corrected chi connectivity index (χ3v) is 6.01. The molecule has 1 atom stereocenters. The first-order valence-corrected chi connectivity index (χ1v) is 11.0. The summed E-state index contributed by atoms with van der Waals surface area (Å²) in [5, 5.41) is 9.14. The first-order valence-electron chi connectivity index (χ1n) is 11.0. The van der Waals surface area contributed by atoms with Gasteiger partial charge in [0, 0.05) is 45.1 Å². The zero-order chi connectivity index (χ0) is 21.2. The van der Waals surface area contributed by atoms with Crippen LogP contribution in [-0.2, 0) is 0 Å². The zero-order valence-electron chi connectivity index (χ0n) is 18.3. The molecule has 0 spiro atoms. The highest BCUT2D eigenvalue weighted by Crippen LogP contribution is 2.26. The van der Waals surface area contributed by atoms with Crippen molar-refractivity contribution in [3.63, 3.8) is 0 Å². The molecule has 160 valence electrons. The van der Waals surface area contributed by atoms with Crippen molar-refractivity contribution in [1.29, 1.82) is 5.26 Å². The highest BCUT2D eigenvalue weighted by Gasteiger charge is 2.17. The molecule has 1 aliphatic rings. The molecule has 1 aromatic heterocycles. The molecular weight excluding hydrogens is 374 g/mol. The molecule has 0 aliphatic carbocycles. The van der Waals surface area contributed by atoms with Crippen LogP contribution in [0, 0.1) is 18.3 Å². The fourth-order valence-corrected chi connectivity index (χ4v) is 4.10. The van der Waals surface area contributed by atoms with Gasteiger partial charge in [-0.2, -0.15) is 5.26 Å². The number of aromatic nitrogens is 2. The Morgan fingerprint density at radius 1 is 1.10 bits per heavy atom. The Morgan fingerprint density at radius 2 is 1.80 bits per heavy atom. The van der Waals surface area contributed by atoms with Crippen molar-refractivity contribution in [3.05, 3.63) is 53.3 Å². The van der Waals surface area contributed by atoms with Gasteiger partial charge in [0.1, 0.15) is 6.61 Å². The van der Waals surface area contributed by atoms with E-state index in [1.165, 1.54) is 18.4 Å². The van der Waals surface area contributed by atoms with Gasteiger partial charge < -0.3 is 9.64 Å². The summed E-state index contributed by atoms with van der Waals surface area (Å²) in [6.07, 6.45) is 6.96. The van der Waals surface area contributed by atoms with E-state index < -0.39 is 0 Å². The highest BCUT2D eigenvalue weighted by atomic mass is 16.5. The van der Waals surface area contributed by atoms with Crippen LogP contribution in [0.1, 0.15) is 48.8 Å². The number of hydrogen-bond acceptors (Lipinski definition) is 6. The molecule has 0 bridgehead atoms. The van der Waals surface area contributed by atoms with Crippen LogP contribution in [0.5, 0.6) is 6.01 Å². The molecule has 1 aromatic carbocycles. The van der Waals surface area contributed by atoms with Gasteiger partial charge in [-0.05, 0) is 61.9 Å². The van der Waals surface area contributed by atoms with Crippen molar-refractivity contribution in [2.75, 3.05) is 45.9 Å². The SMILES string of the molecule is CCC(CCCN1CCN(CCOc2ncccn2)CC1)c1ccc(C#N)c(C)c1. The molecule has 1 aliphatic heterocycles. The van der Waals surface area contributed by atoms with Crippen molar-refractivity contribution >= 4 is 0 Å². The Labute approximate surface area is 180 Å². The van der Waals surface area contributed by atoms with E-state index in [4.69, 9.17) is 10.00 Å². The fourth-order valence-electron chi connectivity index (χ4n) is 4.10. The van der Waals surface area contributed by atoms with E-state index in [2.05, 4.69) is 44.9 Å². The lowest BCUT2D eigenvalue weighted by Gasteiger charge is -2.34. The van der Waals surface area contributed by atoms with Crippen LogP contribution < -0.4 is 4.74 Å². The van der Waals surface area contributed by atoms with Gasteiger partial charge in [-0.3, -0.25) is 4.90 Å². The van der Waals surface area contributed by atoms with Crippen LogP contribution in [-0.4, -0.2) is 65.6 Å². The summed E-state index contributed by atoms with van der Waals surface area (Å²) < 4.78 is 5.61. The predicted octanol–water partition coefficient (Wildman–Crippen LogP) is 3.63. The quantitative estimate of drug-likeness (QED) is 0.599. The van der Waals surface area contributed by atoms with Gasteiger partial charge >= 0.3 is 6.01 Å². The third kappa shape index (κ3) is 6.51. The molecule has 1 saturated heterocycles. The van der Waals surface area contributed by atoms with Crippen LogP contribution in [0.25, 0.3) is 0 Å². The summed E-state index contributed by atoms with van der Waals surface area (Å²) in [7, 11) is 0. The van der Waals surface area contributed by atoms with Crippen molar-refractivity contribution in [3.8, 4) is 12.1 Å². The van der Waals surface area contributed by atoms with Crippen molar-refractivity contribution < 1.29 is 4.74 Å². The van der Waals surface area contributed by atoms with Gasteiger partial charge in [0.15, 0.2) is 0 Å². The smallest absolute Gasteiger partial charge is 0.316 e. The van der Waals surface area contributed by atoms with Crippen LogP contribution >= 0.6 is 0 Å². The van der Waals surface area contributed by atoms with Crippen LogP contribution in [0.15, 0.2) is 36.7 Å². The van der Waals surface area contributed by atoms with E-state index >= 15 is 0 Å². The first-order chi connectivity index (χ1) is 14.7. The molecule has 1 fully saturated rings. The lowest BCUT2D eigenvalue weighted by Crippen LogP contribution is -2.47. The lowest BCUT2D eigenvalue weighted by atomic mass is 9.90. The van der Waals surface area contributed by atoms with E-state index in [1.807, 2.05) is 13.0 Å². The van der Waals surface area contributed by atoms with Crippen molar-refractivity contribution in [1.82, 2.24) is 19.8 Å². The number of benzene rings is 1. The Bertz CT molecular complexity index is 812. The molecule has 6 heteroatoms. The largest absolute Gasteiger partial charge is 0.462 e. The predicted molar refractivity (Wildman–Crippen MR) is 119 cm³/mol. The molecule has 0 radical (unpaired) electrons. The van der Waals surface area contributed by atoms with Gasteiger partial charge in [0.2, 0.25) is 0 Å². The van der Waals surface area contributed by atoms with Crippen LogP contribution in [0.3, 0.4) is 0 Å². The maximum absolute atomic E-state index is 9.14. The molecule has 2 aromatic rings. The van der Waals surface area contributed by atoms with E-state index in [9.17, 15) is 0 Å². The molecular formula is C24H33N5O. The normalized spacial score (nSPS) is 16.2. The van der Waals surface area contributed by atoms with Crippen LogP contribution in [0.2, 0.25) is 0 Å². The molecule has 6 nitrogen and oxygen atoms in total. The van der Waals surface area contributed by atoms with Gasteiger partial charge in [-0.1, -0.05) is 19.1 Å². The maximum Gasteiger partial charge on any atom is 0.316 e. The molecule has 1 unspecified atom stereocenters. The number of ether oxygens (including phenoxy) is 1. The second-order valence-corrected chi connectivity index (χ2v) is 8.00. The number of hydrogen-bond donors (Lipinski definition) is 0. The fraction of sp³-hybridized carbons (Fsp3) is 0.542. The van der Waals surface area contributed by atoms with Gasteiger partial charge in [0.25, 0.3) is 0 Å². The average Bonchev–Trinajstić information content (AvgIpc) is 2.78. The third-order valence-electron chi connectivity index (χ3n) is 6.01. The first kappa shape index (κ1) is 22.2. The van der Waals surface area contributed by atoms with Gasteiger partial charge in [0.05, 0.1) is 11.6 Å². The second-order valence-electron chi connectivity index (χ2n) is 8.00. The molecule has 30 heavy (non-hydrogen) atoms. The van der Waals surface area contributed by atoms with Gasteiger partial charge in [-0.15, -0.1) is 0 Å². The van der Waals surface area contributed by atoms with Crippen LogP contribution in [0.4, 0.5) is 0 Å². The molecule has 0 amide bonds.